The zero-order chi connectivity index (χ0) is 22.1. The van der Waals surface area contributed by atoms with E-state index in [4.69, 9.17) is 21.8 Å². The SMILES string of the molecule is Nc1ncnn2cc(-c3cnco3)c(-c3ccc(NC(=O)Nc4cccc(Cl)c4)cc3)c12. The number of hydrogen-bond donors (Lipinski definition) is 3. The lowest BCUT2D eigenvalue weighted by molar-refractivity contribution is 0.262. The summed E-state index contributed by atoms with van der Waals surface area (Å²) in [5.74, 6) is 0.914. The molecule has 5 rings (SSSR count). The summed E-state index contributed by atoms with van der Waals surface area (Å²) < 4.78 is 7.16. The number of nitrogens with one attached hydrogen (secondary N) is 2. The summed E-state index contributed by atoms with van der Waals surface area (Å²) in [6.45, 7) is 0. The molecule has 0 spiro atoms. The molecule has 3 heterocycles. The van der Waals surface area contributed by atoms with Crippen molar-refractivity contribution in [3.05, 3.63) is 78.7 Å². The smallest absolute Gasteiger partial charge is 0.323 e. The number of fused-ring (bicyclic) bond motifs is 1. The standard InChI is InChI=1S/C22H16ClN7O2/c23-14-2-1-3-16(8-14)29-22(31)28-15-6-4-13(5-7-15)19-17(18-9-25-12-32-18)10-30-20(19)21(24)26-11-27-30/h1-12H,(H2,24,26,27)(H2,28,29,31). The van der Waals surface area contributed by atoms with Gasteiger partial charge < -0.3 is 20.8 Å². The molecule has 2 amide bonds. The maximum absolute atomic E-state index is 12.3. The van der Waals surface area contributed by atoms with Gasteiger partial charge in [0.25, 0.3) is 0 Å². The van der Waals surface area contributed by atoms with Crippen LogP contribution in [0.25, 0.3) is 28.0 Å². The number of carbonyl (C=O) groups is 1. The molecule has 0 aliphatic carbocycles. The van der Waals surface area contributed by atoms with Crippen LogP contribution in [0.2, 0.25) is 5.02 Å². The molecule has 0 unspecified atom stereocenters. The monoisotopic (exact) mass is 445 g/mol. The number of nitrogen functional groups attached to an aromatic ring is 1. The Morgan fingerprint density at radius 3 is 2.66 bits per heavy atom. The second kappa shape index (κ2) is 8.05. The fourth-order valence-electron chi connectivity index (χ4n) is 3.44. The van der Waals surface area contributed by atoms with Crippen molar-refractivity contribution in [3.63, 3.8) is 0 Å². The van der Waals surface area contributed by atoms with E-state index < -0.39 is 0 Å². The lowest BCUT2D eigenvalue weighted by atomic mass is 10.0. The number of aromatic nitrogens is 4. The second-order valence-corrected chi connectivity index (χ2v) is 7.33. The minimum Gasteiger partial charge on any atom is -0.443 e. The number of nitrogens with two attached hydrogens (primary N) is 1. The van der Waals surface area contributed by atoms with Crippen LogP contribution in [-0.4, -0.2) is 25.6 Å². The van der Waals surface area contributed by atoms with E-state index in [-0.39, 0.29) is 6.03 Å². The van der Waals surface area contributed by atoms with Gasteiger partial charge in [0.05, 0.1) is 6.20 Å². The molecule has 3 aromatic heterocycles. The minimum atomic E-state index is -0.380. The second-order valence-electron chi connectivity index (χ2n) is 6.89. The number of urea groups is 1. The highest BCUT2D eigenvalue weighted by atomic mass is 35.5. The van der Waals surface area contributed by atoms with E-state index in [2.05, 4.69) is 25.7 Å². The number of nitrogens with zero attached hydrogens (tertiary/aromatic N) is 4. The topological polar surface area (TPSA) is 123 Å². The summed E-state index contributed by atoms with van der Waals surface area (Å²) in [6.07, 6.45) is 6.19. The number of carbonyl (C=O) groups excluding carboxylic acids is 1. The van der Waals surface area contributed by atoms with Gasteiger partial charge in [-0.3, -0.25) is 0 Å². The van der Waals surface area contributed by atoms with Crippen LogP contribution >= 0.6 is 11.6 Å². The third-order valence-corrected chi connectivity index (χ3v) is 5.05. The van der Waals surface area contributed by atoms with E-state index in [0.29, 0.717) is 33.5 Å². The first kappa shape index (κ1) is 19.6. The fraction of sp³-hybridized carbons (Fsp3) is 0. The Morgan fingerprint density at radius 2 is 1.91 bits per heavy atom. The predicted molar refractivity (Wildman–Crippen MR) is 122 cm³/mol. The highest BCUT2D eigenvalue weighted by Crippen LogP contribution is 2.38. The molecule has 0 radical (unpaired) electrons. The summed E-state index contributed by atoms with van der Waals surface area (Å²) >= 11 is 5.96. The highest BCUT2D eigenvalue weighted by molar-refractivity contribution is 6.30. The zero-order valence-electron chi connectivity index (χ0n) is 16.5. The van der Waals surface area contributed by atoms with Crippen LogP contribution in [0.4, 0.5) is 22.0 Å². The normalized spacial score (nSPS) is 10.9. The van der Waals surface area contributed by atoms with Crippen LogP contribution in [0.3, 0.4) is 0 Å². The quantitative estimate of drug-likeness (QED) is 0.360. The first-order valence-corrected chi connectivity index (χ1v) is 9.91. The summed E-state index contributed by atoms with van der Waals surface area (Å²) in [5, 5.41) is 10.3. The molecular weight excluding hydrogens is 430 g/mol. The Morgan fingerprint density at radius 1 is 1.09 bits per heavy atom. The number of halogens is 1. The van der Waals surface area contributed by atoms with E-state index in [9.17, 15) is 4.79 Å². The number of amides is 2. The molecule has 0 fully saturated rings. The van der Waals surface area contributed by atoms with Crippen LogP contribution in [-0.2, 0) is 0 Å². The van der Waals surface area contributed by atoms with E-state index in [1.807, 2.05) is 18.3 Å². The van der Waals surface area contributed by atoms with Gasteiger partial charge in [-0.25, -0.2) is 19.3 Å². The van der Waals surface area contributed by atoms with Gasteiger partial charge >= 0.3 is 6.03 Å². The molecule has 4 N–H and O–H groups in total. The van der Waals surface area contributed by atoms with E-state index >= 15 is 0 Å². The van der Waals surface area contributed by atoms with Crippen molar-refractivity contribution in [1.29, 1.82) is 0 Å². The van der Waals surface area contributed by atoms with Crippen molar-refractivity contribution in [1.82, 2.24) is 19.6 Å². The number of benzene rings is 2. The maximum atomic E-state index is 12.3. The van der Waals surface area contributed by atoms with Crippen LogP contribution in [0.15, 0.2) is 78.1 Å². The zero-order valence-corrected chi connectivity index (χ0v) is 17.2. The number of rotatable bonds is 4. The van der Waals surface area contributed by atoms with E-state index in [1.165, 1.54) is 12.7 Å². The molecule has 158 valence electrons. The van der Waals surface area contributed by atoms with Crippen LogP contribution in [0.5, 0.6) is 0 Å². The van der Waals surface area contributed by atoms with Crippen LogP contribution in [0, 0.1) is 0 Å². The van der Waals surface area contributed by atoms with Crippen molar-refractivity contribution in [2.75, 3.05) is 16.4 Å². The average molecular weight is 446 g/mol. The molecule has 0 saturated carbocycles. The Labute approximate surface area is 186 Å². The van der Waals surface area contributed by atoms with Crippen molar-refractivity contribution in [3.8, 4) is 22.5 Å². The van der Waals surface area contributed by atoms with Gasteiger partial charge in [-0.2, -0.15) is 5.10 Å². The third-order valence-electron chi connectivity index (χ3n) is 4.81. The molecule has 32 heavy (non-hydrogen) atoms. The summed E-state index contributed by atoms with van der Waals surface area (Å²) in [7, 11) is 0. The fourth-order valence-corrected chi connectivity index (χ4v) is 3.63. The number of hydrogen-bond acceptors (Lipinski definition) is 6. The minimum absolute atomic E-state index is 0.337. The molecule has 0 atom stereocenters. The van der Waals surface area contributed by atoms with Crippen LogP contribution in [0.1, 0.15) is 0 Å². The summed E-state index contributed by atoms with van der Waals surface area (Å²) in [4.78, 5) is 20.4. The molecule has 0 aliphatic heterocycles. The Balaban J connectivity index is 1.45. The molecule has 0 bridgehead atoms. The molecular formula is C22H16ClN7O2. The summed E-state index contributed by atoms with van der Waals surface area (Å²) in [6, 6.07) is 13.9. The molecule has 5 aromatic rings. The third kappa shape index (κ3) is 3.72. The Bertz CT molecular complexity index is 1410. The van der Waals surface area contributed by atoms with Gasteiger partial charge in [0.15, 0.2) is 18.0 Å². The molecule has 0 saturated heterocycles. The average Bonchev–Trinajstić information content (AvgIpc) is 3.43. The first-order valence-electron chi connectivity index (χ1n) is 9.53. The number of oxazole rings is 1. The Hall–Kier alpha value is -4.37. The lowest BCUT2D eigenvalue weighted by Crippen LogP contribution is -2.19. The first-order chi connectivity index (χ1) is 15.6. The van der Waals surface area contributed by atoms with Crippen molar-refractivity contribution in [2.45, 2.75) is 0 Å². The van der Waals surface area contributed by atoms with Crippen molar-refractivity contribution < 1.29 is 9.21 Å². The molecule has 10 heteroatoms. The molecule has 0 aliphatic rings. The van der Waals surface area contributed by atoms with Gasteiger partial charge in [-0.1, -0.05) is 29.8 Å². The predicted octanol–water partition coefficient (Wildman–Crippen LogP) is 4.93. The molecule has 2 aromatic carbocycles. The van der Waals surface area contributed by atoms with Crippen molar-refractivity contribution >= 4 is 40.3 Å². The summed E-state index contributed by atoms with van der Waals surface area (Å²) in [5.41, 5.74) is 10.4. The Kier molecular flexibility index (Phi) is 4.92. The largest absolute Gasteiger partial charge is 0.443 e. The van der Waals surface area contributed by atoms with E-state index in [0.717, 1.165) is 16.7 Å². The van der Waals surface area contributed by atoms with Gasteiger partial charge in [-0.05, 0) is 35.9 Å². The highest BCUT2D eigenvalue weighted by Gasteiger charge is 2.19. The van der Waals surface area contributed by atoms with Gasteiger partial charge in [0.1, 0.15) is 11.8 Å². The maximum Gasteiger partial charge on any atom is 0.323 e. The van der Waals surface area contributed by atoms with Gasteiger partial charge in [0, 0.05) is 33.7 Å². The lowest BCUT2D eigenvalue weighted by Gasteiger charge is -2.09. The van der Waals surface area contributed by atoms with Crippen LogP contribution < -0.4 is 16.4 Å². The van der Waals surface area contributed by atoms with Crippen molar-refractivity contribution in [2.24, 2.45) is 0 Å². The van der Waals surface area contributed by atoms with E-state index in [1.54, 1.807) is 47.1 Å². The van der Waals surface area contributed by atoms with Gasteiger partial charge in [-0.15, -0.1) is 0 Å². The number of anilines is 3. The van der Waals surface area contributed by atoms with Gasteiger partial charge in [0.2, 0.25) is 0 Å². The molecule has 9 nitrogen and oxygen atoms in total.